The van der Waals surface area contributed by atoms with Crippen LogP contribution in [0.15, 0.2) is 4.99 Å². The highest BCUT2D eigenvalue weighted by molar-refractivity contribution is 14.0. The van der Waals surface area contributed by atoms with Gasteiger partial charge >= 0.3 is 0 Å². The molecule has 1 aromatic heterocycles. The van der Waals surface area contributed by atoms with Crippen LogP contribution >= 0.6 is 24.0 Å². The number of nitrogens with one attached hydrogen (secondary N) is 2. The lowest BCUT2D eigenvalue weighted by atomic mass is 9.92. The van der Waals surface area contributed by atoms with Crippen molar-refractivity contribution in [3.8, 4) is 0 Å². The van der Waals surface area contributed by atoms with Gasteiger partial charge in [-0.3, -0.25) is 9.67 Å². The van der Waals surface area contributed by atoms with Gasteiger partial charge in [0.2, 0.25) is 0 Å². The van der Waals surface area contributed by atoms with Crippen LogP contribution < -0.4 is 10.6 Å². The number of halogens is 1. The van der Waals surface area contributed by atoms with E-state index in [4.69, 9.17) is 0 Å². The summed E-state index contributed by atoms with van der Waals surface area (Å²) in [6.45, 7) is 7.62. The minimum atomic E-state index is 0. The van der Waals surface area contributed by atoms with Gasteiger partial charge < -0.3 is 15.5 Å². The van der Waals surface area contributed by atoms with Crippen LogP contribution in [0, 0.1) is 0 Å². The molecule has 0 unspecified atom stereocenters. The molecule has 3 rings (SSSR count). The number of likely N-dealkylation sites (tertiary alicyclic amines) is 1. The van der Waals surface area contributed by atoms with Crippen LogP contribution in [0.3, 0.4) is 0 Å². The Morgan fingerprint density at radius 2 is 1.76 bits per heavy atom. The van der Waals surface area contributed by atoms with Gasteiger partial charge in [0.05, 0.1) is 5.69 Å². The van der Waals surface area contributed by atoms with Crippen LogP contribution in [-0.4, -0.2) is 52.9 Å². The van der Waals surface area contributed by atoms with Gasteiger partial charge in [0.25, 0.3) is 0 Å². The van der Waals surface area contributed by atoms with E-state index in [2.05, 4.69) is 46.5 Å². The summed E-state index contributed by atoms with van der Waals surface area (Å²) in [6, 6.07) is 1.37. The van der Waals surface area contributed by atoms with Crippen molar-refractivity contribution in [3.63, 3.8) is 0 Å². The monoisotopic (exact) mass is 516 g/mol. The molecule has 2 heterocycles. The molecule has 1 aliphatic heterocycles. The number of piperidine rings is 1. The first-order chi connectivity index (χ1) is 13.7. The minimum Gasteiger partial charge on any atom is -0.354 e. The van der Waals surface area contributed by atoms with Crippen LogP contribution in [0.5, 0.6) is 0 Å². The molecule has 2 fully saturated rings. The fourth-order valence-electron chi connectivity index (χ4n) is 5.01. The summed E-state index contributed by atoms with van der Waals surface area (Å²) in [5.74, 6) is 0.920. The van der Waals surface area contributed by atoms with E-state index >= 15 is 0 Å². The van der Waals surface area contributed by atoms with Crippen molar-refractivity contribution < 1.29 is 0 Å². The molecule has 166 valence electrons. The fourth-order valence-corrected chi connectivity index (χ4v) is 5.01. The van der Waals surface area contributed by atoms with Crippen LogP contribution in [0.25, 0.3) is 0 Å². The summed E-state index contributed by atoms with van der Waals surface area (Å²) in [6.07, 6.45) is 11.5. The number of aryl methyl sites for hydroxylation is 2. The van der Waals surface area contributed by atoms with E-state index in [1.54, 1.807) is 0 Å². The molecule has 0 amide bonds. The smallest absolute Gasteiger partial charge is 0.191 e. The molecule has 6 nitrogen and oxygen atoms in total. The van der Waals surface area contributed by atoms with Crippen LogP contribution in [0.1, 0.15) is 75.7 Å². The average Bonchev–Trinajstić information content (AvgIpc) is 3.06. The third kappa shape index (κ3) is 6.32. The normalized spacial score (nSPS) is 19.8. The van der Waals surface area contributed by atoms with Gasteiger partial charge in [-0.15, -0.1) is 24.0 Å². The Morgan fingerprint density at radius 1 is 1.07 bits per heavy atom. The molecule has 1 saturated carbocycles. The predicted molar refractivity (Wildman–Crippen MR) is 132 cm³/mol. The van der Waals surface area contributed by atoms with Crippen molar-refractivity contribution in [2.45, 2.75) is 90.3 Å². The van der Waals surface area contributed by atoms with Crippen molar-refractivity contribution >= 4 is 29.9 Å². The second kappa shape index (κ2) is 12.1. The molecule has 2 N–H and O–H groups in total. The van der Waals surface area contributed by atoms with Crippen molar-refractivity contribution in [1.82, 2.24) is 25.3 Å². The summed E-state index contributed by atoms with van der Waals surface area (Å²) in [5, 5.41) is 11.9. The second-order valence-electron chi connectivity index (χ2n) is 8.37. The molecule has 0 radical (unpaired) electrons. The lowest BCUT2D eigenvalue weighted by molar-refractivity contribution is 0.119. The summed E-state index contributed by atoms with van der Waals surface area (Å²) in [5.41, 5.74) is 3.85. The zero-order valence-corrected chi connectivity index (χ0v) is 21.2. The summed E-state index contributed by atoms with van der Waals surface area (Å²) >= 11 is 0. The zero-order chi connectivity index (χ0) is 19.9. The third-order valence-electron chi connectivity index (χ3n) is 6.65. The number of hydrogen-bond acceptors (Lipinski definition) is 3. The third-order valence-corrected chi connectivity index (χ3v) is 6.65. The van der Waals surface area contributed by atoms with E-state index in [9.17, 15) is 0 Å². The van der Waals surface area contributed by atoms with Gasteiger partial charge in [-0.1, -0.05) is 33.1 Å². The first-order valence-electron chi connectivity index (χ1n) is 11.4. The molecule has 0 spiro atoms. The van der Waals surface area contributed by atoms with Crippen molar-refractivity contribution in [2.24, 2.45) is 12.0 Å². The topological polar surface area (TPSA) is 57.5 Å². The molecular formula is C22H41IN6. The number of aromatic nitrogens is 2. The number of hydrogen-bond donors (Lipinski definition) is 2. The standard InChI is InChI=1S/C22H40N6.HI/c1-5-20-19(21(6-2)27(4)26-20)16-24-22(23-3)25-17-12-14-28(15-13-17)18-10-8-7-9-11-18;/h17-18H,5-16H2,1-4H3,(H2,23,24,25);1H. The molecule has 29 heavy (non-hydrogen) atoms. The molecule has 1 saturated heterocycles. The van der Waals surface area contributed by atoms with Gasteiger partial charge in [-0.25, -0.2) is 0 Å². The fraction of sp³-hybridized carbons (Fsp3) is 0.818. The van der Waals surface area contributed by atoms with E-state index < -0.39 is 0 Å². The summed E-state index contributed by atoms with van der Waals surface area (Å²) in [4.78, 5) is 7.22. The summed E-state index contributed by atoms with van der Waals surface area (Å²) in [7, 11) is 3.92. The van der Waals surface area contributed by atoms with Crippen molar-refractivity contribution in [3.05, 3.63) is 17.0 Å². The largest absolute Gasteiger partial charge is 0.354 e. The Kier molecular flexibility index (Phi) is 10.2. The predicted octanol–water partition coefficient (Wildman–Crippen LogP) is 3.63. The molecule has 0 bridgehead atoms. The highest BCUT2D eigenvalue weighted by atomic mass is 127. The van der Waals surface area contributed by atoms with Gasteiger partial charge in [0.1, 0.15) is 0 Å². The van der Waals surface area contributed by atoms with Crippen LogP contribution in [0.2, 0.25) is 0 Å². The first kappa shape index (κ1) is 24.4. The van der Waals surface area contributed by atoms with Crippen LogP contribution in [-0.2, 0) is 26.4 Å². The Hall–Kier alpha value is -0.830. The Bertz CT molecular complexity index is 642. The highest BCUT2D eigenvalue weighted by Gasteiger charge is 2.26. The first-order valence-corrected chi connectivity index (χ1v) is 11.4. The lowest BCUT2D eigenvalue weighted by Gasteiger charge is -2.39. The highest BCUT2D eigenvalue weighted by Crippen LogP contribution is 2.25. The molecule has 0 aromatic carbocycles. The minimum absolute atomic E-state index is 0. The number of rotatable bonds is 6. The van der Waals surface area contributed by atoms with Gasteiger partial charge in [0, 0.05) is 57.1 Å². The van der Waals surface area contributed by atoms with Crippen molar-refractivity contribution in [1.29, 1.82) is 0 Å². The number of guanidine groups is 1. The Morgan fingerprint density at radius 3 is 2.34 bits per heavy atom. The second-order valence-corrected chi connectivity index (χ2v) is 8.37. The van der Waals surface area contributed by atoms with E-state index in [0.717, 1.165) is 31.4 Å². The lowest BCUT2D eigenvalue weighted by Crippen LogP contribution is -2.50. The van der Waals surface area contributed by atoms with Crippen LogP contribution in [0.4, 0.5) is 0 Å². The maximum atomic E-state index is 4.68. The van der Waals surface area contributed by atoms with E-state index in [0.29, 0.717) is 6.04 Å². The van der Waals surface area contributed by atoms with Gasteiger partial charge in [0.15, 0.2) is 5.96 Å². The molecule has 1 aliphatic carbocycles. The molecule has 7 heteroatoms. The molecule has 0 atom stereocenters. The summed E-state index contributed by atoms with van der Waals surface area (Å²) < 4.78 is 2.03. The Labute approximate surface area is 194 Å². The maximum Gasteiger partial charge on any atom is 0.191 e. The SMILES string of the molecule is CCc1nn(C)c(CC)c1CNC(=NC)NC1CCN(C2CCCCC2)CC1.I. The molecule has 1 aromatic rings. The maximum absolute atomic E-state index is 4.68. The average molecular weight is 517 g/mol. The quantitative estimate of drug-likeness (QED) is 0.345. The number of aliphatic imine (C=N–C) groups is 1. The van der Waals surface area contributed by atoms with Crippen molar-refractivity contribution in [2.75, 3.05) is 20.1 Å². The van der Waals surface area contributed by atoms with E-state index in [1.807, 2.05) is 11.7 Å². The van der Waals surface area contributed by atoms with E-state index in [1.165, 1.54) is 75.0 Å². The Balaban J connectivity index is 0.00000300. The molecule has 2 aliphatic rings. The molecular weight excluding hydrogens is 475 g/mol. The van der Waals surface area contributed by atoms with Gasteiger partial charge in [-0.05, 0) is 38.5 Å². The van der Waals surface area contributed by atoms with E-state index in [-0.39, 0.29) is 24.0 Å². The zero-order valence-electron chi connectivity index (χ0n) is 18.8. The number of nitrogens with zero attached hydrogens (tertiary/aromatic N) is 4. The van der Waals surface area contributed by atoms with Gasteiger partial charge in [-0.2, -0.15) is 5.10 Å².